The van der Waals surface area contributed by atoms with Crippen molar-refractivity contribution < 1.29 is 19.3 Å². The van der Waals surface area contributed by atoms with E-state index in [-0.39, 0.29) is 18.8 Å². The number of methoxy groups -OCH3 is 1. The molecule has 0 radical (unpaired) electrons. The Morgan fingerprint density at radius 1 is 1.10 bits per heavy atom. The predicted molar refractivity (Wildman–Crippen MR) is 76.0 cm³/mol. The zero-order valence-corrected chi connectivity index (χ0v) is 12.4. The van der Waals surface area contributed by atoms with Crippen molar-refractivity contribution in [2.75, 3.05) is 13.7 Å². The average Bonchev–Trinajstić information content (AvgIpc) is 2.96. The standard InChI is InChI=1S/C16H22O4/c1-9-7-12-11(5-4-6-17)14-13(8-10(2)19-14)15(18-3)16(12)20-9/h9-10,17H,4-8H2,1-3H3. The molecule has 0 bridgehead atoms. The average molecular weight is 278 g/mol. The predicted octanol–water partition coefficient (Wildman–Crippen LogP) is 2.27. The molecule has 4 nitrogen and oxygen atoms in total. The molecule has 1 aromatic carbocycles. The van der Waals surface area contributed by atoms with Crippen molar-refractivity contribution in [2.45, 2.75) is 51.7 Å². The van der Waals surface area contributed by atoms with Crippen molar-refractivity contribution in [3.63, 3.8) is 0 Å². The van der Waals surface area contributed by atoms with Gasteiger partial charge in [-0.1, -0.05) is 0 Å². The van der Waals surface area contributed by atoms with Gasteiger partial charge in [-0.3, -0.25) is 0 Å². The summed E-state index contributed by atoms with van der Waals surface area (Å²) in [6.07, 6.45) is 3.66. The van der Waals surface area contributed by atoms with Gasteiger partial charge < -0.3 is 19.3 Å². The van der Waals surface area contributed by atoms with Crippen LogP contribution in [-0.4, -0.2) is 31.0 Å². The van der Waals surface area contributed by atoms with E-state index in [4.69, 9.17) is 19.3 Å². The molecule has 2 unspecified atom stereocenters. The molecule has 4 heteroatoms. The van der Waals surface area contributed by atoms with Crippen molar-refractivity contribution in [1.82, 2.24) is 0 Å². The number of ether oxygens (including phenoxy) is 3. The first-order chi connectivity index (χ1) is 9.65. The molecule has 1 N–H and O–H groups in total. The van der Waals surface area contributed by atoms with Crippen LogP contribution >= 0.6 is 0 Å². The summed E-state index contributed by atoms with van der Waals surface area (Å²) in [5.74, 6) is 2.71. The molecular formula is C16H22O4. The molecule has 0 spiro atoms. The summed E-state index contributed by atoms with van der Waals surface area (Å²) in [6.45, 7) is 4.34. The zero-order chi connectivity index (χ0) is 14.3. The highest BCUT2D eigenvalue weighted by atomic mass is 16.5. The Bertz CT molecular complexity index is 485. The Morgan fingerprint density at radius 2 is 1.75 bits per heavy atom. The van der Waals surface area contributed by atoms with E-state index in [9.17, 15) is 0 Å². The normalized spacial score (nSPS) is 23.0. The number of fused-ring (bicyclic) bond motifs is 2. The third kappa shape index (κ3) is 2.03. The monoisotopic (exact) mass is 278 g/mol. The molecule has 0 aliphatic carbocycles. The Hall–Kier alpha value is -1.42. The highest BCUT2D eigenvalue weighted by Gasteiger charge is 2.35. The number of hydrogen-bond acceptors (Lipinski definition) is 4. The molecule has 0 saturated heterocycles. The second-order valence-electron chi connectivity index (χ2n) is 5.72. The van der Waals surface area contributed by atoms with E-state index in [0.29, 0.717) is 0 Å². The van der Waals surface area contributed by atoms with E-state index in [0.717, 1.165) is 48.5 Å². The number of rotatable bonds is 4. The largest absolute Gasteiger partial charge is 0.492 e. The molecule has 0 amide bonds. The van der Waals surface area contributed by atoms with Gasteiger partial charge in [0.1, 0.15) is 18.0 Å². The van der Waals surface area contributed by atoms with Gasteiger partial charge in [-0.25, -0.2) is 0 Å². The van der Waals surface area contributed by atoms with Crippen LogP contribution in [0.2, 0.25) is 0 Å². The fourth-order valence-corrected chi connectivity index (χ4v) is 3.30. The first-order valence-electron chi connectivity index (χ1n) is 7.34. The number of aliphatic hydroxyl groups is 1. The third-order valence-corrected chi connectivity index (χ3v) is 4.08. The van der Waals surface area contributed by atoms with Crippen LogP contribution in [0.1, 0.15) is 37.0 Å². The van der Waals surface area contributed by atoms with E-state index >= 15 is 0 Å². The highest BCUT2D eigenvalue weighted by Crippen LogP contribution is 2.51. The molecule has 0 fully saturated rings. The van der Waals surface area contributed by atoms with Crippen LogP contribution < -0.4 is 14.2 Å². The van der Waals surface area contributed by atoms with Crippen LogP contribution in [0.15, 0.2) is 0 Å². The lowest BCUT2D eigenvalue weighted by Crippen LogP contribution is -2.08. The maximum Gasteiger partial charge on any atom is 0.168 e. The lowest BCUT2D eigenvalue weighted by Gasteiger charge is -2.16. The maximum absolute atomic E-state index is 9.13. The second-order valence-corrected chi connectivity index (χ2v) is 5.72. The van der Waals surface area contributed by atoms with E-state index in [1.807, 2.05) is 0 Å². The Balaban J connectivity index is 2.14. The fourth-order valence-electron chi connectivity index (χ4n) is 3.30. The van der Waals surface area contributed by atoms with Crippen molar-refractivity contribution in [2.24, 2.45) is 0 Å². The minimum Gasteiger partial charge on any atom is -0.492 e. The number of aliphatic hydroxyl groups excluding tert-OH is 1. The zero-order valence-electron chi connectivity index (χ0n) is 12.4. The summed E-state index contributed by atoms with van der Waals surface area (Å²) in [5.41, 5.74) is 3.54. The molecule has 20 heavy (non-hydrogen) atoms. The second kappa shape index (κ2) is 5.17. The Kier molecular flexibility index (Phi) is 3.50. The van der Waals surface area contributed by atoms with E-state index in [1.165, 1.54) is 11.1 Å². The van der Waals surface area contributed by atoms with Crippen LogP contribution in [-0.2, 0) is 19.3 Å². The van der Waals surface area contributed by atoms with E-state index in [1.54, 1.807) is 7.11 Å². The summed E-state index contributed by atoms with van der Waals surface area (Å²) in [4.78, 5) is 0. The summed E-state index contributed by atoms with van der Waals surface area (Å²) in [5, 5.41) is 9.13. The quantitative estimate of drug-likeness (QED) is 0.918. The molecule has 2 heterocycles. The topological polar surface area (TPSA) is 47.9 Å². The smallest absolute Gasteiger partial charge is 0.168 e. The van der Waals surface area contributed by atoms with Gasteiger partial charge >= 0.3 is 0 Å². The van der Waals surface area contributed by atoms with Gasteiger partial charge in [0, 0.05) is 36.1 Å². The van der Waals surface area contributed by atoms with Crippen LogP contribution in [0.25, 0.3) is 0 Å². The molecule has 1 aromatic rings. The minimum atomic E-state index is 0.173. The number of hydrogen-bond donors (Lipinski definition) is 1. The summed E-state index contributed by atoms with van der Waals surface area (Å²) in [6, 6.07) is 0. The Labute approximate surface area is 119 Å². The molecule has 2 aliphatic heterocycles. The molecular weight excluding hydrogens is 256 g/mol. The molecule has 110 valence electrons. The molecule has 2 aliphatic rings. The van der Waals surface area contributed by atoms with Gasteiger partial charge in [-0.2, -0.15) is 0 Å². The van der Waals surface area contributed by atoms with E-state index < -0.39 is 0 Å². The van der Waals surface area contributed by atoms with Crippen molar-refractivity contribution in [3.05, 3.63) is 16.7 Å². The summed E-state index contributed by atoms with van der Waals surface area (Å²) < 4.78 is 17.6. The molecule has 0 saturated carbocycles. The maximum atomic E-state index is 9.13. The van der Waals surface area contributed by atoms with Gasteiger partial charge in [-0.15, -0.1) is 0 Å². The lowest BCUT2D eigenvalue weighted by molar-refractivity contribution is 0.242. The van der Waals surface area contributed by atoms with Gasteiger partial charge in [-0.05, 0) is 26.7 Å². The van der Waals surface area contributed by atoms with Crippen LogP contribution in [0.4, 0.5) is 0 Å². The van der Waals surface area contributed by atoms with Crippen molar-refractivity contribution >= 4 is 0 Å². The van der Waals surface area contributed by atoms with Crippen LogP contribution in [0.3, 0.4) is 0 Å². The van der Waals surface area contributed by atoms with Gasteiger partial charge in [0.2, 0.25) is 0 Å². The third-order valence-electron chi connectivity index (χ3n) is 4.08. The van der Waals surface area contributed by atoms with Gasteiger partial charge in [0.25, 0.3) is 0 Å². The fraction of sp³-hybridized carbons (Fsp3) is 0.625. The first-order valence-corrected chi connectivity index (χ1v) is 7.34. The van der Waals surface area contributed by atoms with Crippen LogP contribution in [0.5, 0.6) is 17.2 Å². The van der Waals surface area contributed by atoms with Crippen molar-refractivity contribution in [1.29, 1.82) is 0 Å². The summed E-state index contributed by atoms with van der Waals surface area (Å²) >= 11 is 0. The Morgan fingerprint density at radius 3 is 2.40 bits per heavy atom. The number of benzene rings is 1. The molecule has 0 aromatic heterocycles. The van der Waals surface area contributed by atoms with E-state index in [2.05, 4.69) is 13.8 Å². The minimum absolute atomic E-state index is 0.173. The first kappa shape index (κ1) is 13.6. The van der Waals surface area contributed by atoms with Crippen LogP contribution in [0, 0.1) is 0 Å². The lowest BCUT2D eigenvalue weighted by atomic mass is 9.94. The highest BCUT2D eigenvalue weighted by molar-refractivity contribution is 5.66. The molecule has 3 rings (SSSR count). The van der Waals surface area contributed by atoms with Gasteiger partial charge in [0.05, 0.1) is 7.11 Å². The van der Waals surface area contributed by atoms with Gasteiger partial charge in [0.15, 0.2) is 11.5 Å². The SMILES string of the molecule is COc1c2c(c(CCCO)c3c1OC(C)C3)OC(C)C2. The molecule has 2 atom stereocenters. The summed E-state index contributed by atoms with van der Waals surface area (Å²) in [7, 11) is 1.69. The van der Waals surface area contributed by atoms with Crippen molar-refractivity contribution in [3.8, 4) is 17.2 Å².